The zero-order valence-corrected chi connectivity index (χ0v) is 21.6. The number of halogens is 3. The Bertz CT molecular complexity index is 1320. The van der Waals surface area contributed by atoms with Crippen LogP contribution in [0.15, 0.2) is 47.4 Å². The number of hydrogen-bond donors (Lipinski definition) is 1. The van der Waals surface area contributed by atoms with Crippen molar-refractivity contribution in [1.29, 1.82) is 0 Å². The predicted octanol–water partition coefficient (Wildman–Crippen LogP) is 2.77. The van der Waals surface area contributed by atoms with E-state index in [2.05, 4.69) is 15.0 Å². The number of carbonyl (C=O) groups is 2. The highest BCUT2D eigenvalue weighted by Gasteiger charge is 2.33. The predicted molar refractivity (Wildman–Crippen MR) is 131 cm³/mol. The molecule has 2 aromatic rings. The summed E-state index contributed by atoms with van der Waals surface area (Å²) >= 11 is 0. The second kappa shape index (κ2) is 10.9. The molecule has 2 amide bonds. The summed E-state index contributed by atoms with van der Waals surface area (Å²) in [5.41, 5.74) is 1.06. The highest BCUT2D eigenvalue weighted by atomic mass is 32.2. The summed E-state index contributed by atoms with van der Waals surface area (Å²) in [6.45, 7) is 1.68. The van der Waals surface area contributed by atoms with Crippen LogP contribution in [0.5, 0.6) is 5.75 Å². The Kier molecular flexibility index (Phi) is 8.00. The first-order chi connectivity index (χ1) is 17.8. The molecule has 0 bridgehead atoms. The lowest BCUT2D eigenvalue weighted by Gasteiger charge is -2.32. The molecule has 2 aromatic carbocycles. The van der Waals surface area contributed by atoms with E-state index in [-0.39, 0.29) is 34.8 Å². The molecule has 2 heterocycles. The number of anilines is 1. The van der Waals surface area contributed by atoms with Gasteiger partial charge in [0.2, 0.25) is 11.8 Å². The maximum Gasteiger partial charge on any atom is 0.573 e. The Hall–Kier alpha value is -3.16. The van der Waals surface area contributed by atoms with Crippen LogP contribution in [-0.2, 0) is 30.6 Å². The summed E-state index contributed by atoms with van der Waals surface area (Å²) in [5, 5.41) is 2.52. The van der Waals surface area contributed by atoms with Crippen LogP contribution in [0.4, 0.5) is 18.9 Å². The minimum Gasteiger partial charge on any atom is -0.406 e. The van der Waals surface area contributed by atoms with Crippen molar-refractivity contribution in [1.82, 2.24) is 9.80 Å². The maximum absolute atomic E-state index is 13.4. The number of benzene rings is 2. The number of likely N-dealkylation sites (tertiary alicyclic amines) is 1. The fraction of sp³-hybridized carbons (Fsp3) is 0.440. The molecule has 0 saturated carbocycles. The Morgan fingerprint density at radius 2 is 2.00 bits per heavy atom. The molecule has 0 unspecified atom stereocenters. The van der Waals surface area contributed by atoms with E-state index in [9.17, 15) is 31.2 Å². The van der Waals surface area contributed by atoms with Crippen molar-refractivity contribution in [3.63, 3.8) is 0 Å². The van der Waals surface area contributed by atoms with Gasteiger partial charge in [-0.3, -0.25) is 14.5 Å². The SMILES string of the molecule is CO[C@H]1CCN(C[C@H](c2cccc(OC(F)(F)F)c2)N(C)C(=O)Cc2ccc3c(c2)NC(=O)CS3(=O)=O)C1. The van der Waals surface area contributed by atoms with Crippen LogP contribution in [0.25, 0.3) is 0 Å². The number of carbonyl (C=O) groups excluding carboxylic acids is 2. The van der Waals surface area contributed by atoms with E-state index < -0.39 is 33.9 Å². The van der Waals surface area contributed by atoms with E-state index in [1.807, 2.05) is 0 Å². The van der Waals surface area contributed by atoms with Gasteiger partial charge in [-0.1, -0.05) is 18.2 Å². The van der Waals surface area contributed by atoms with Gasteiger partial charge in [0.05, 0.1) is 29.1 Å². The van der Waals surface area contributed by atoms with Gasteiger partial charge in [0.25, 0.3) is 0 Å². The number of amides is 2. The largest absolute Gasteiger partial charge is 0.573 e. The van der Waals surface area contributed by atoms with Crippen LogP contribution in [0.1, 0.15) is 23.6 Å². The van der Waals surface area contributed by atoms with Crippen molar-refractivity contribution in [2.75, 3.05) is 44.9 Å². The number of ether oxygens (including phenoxy) is 2. The Morgan fingerprint density at radius 3 is 2.68 bits per heavy atom. The number of sulfone groups is 1. The number of rotatable bonds is 8. The third-order valence-corrected chi connectivity index (χ3v) is 8.33. The fourth-order valence-electron chi connectivity index (χ4n) is 4.74. The van der Waals surface area contributed by atoms with Crippen LogP contribution < -0.4 is 10.1 Å². The lowest BCUT2D eigenvalue weighted by molar-refractivity contribution is -0.274. The van der Waals surface area contributed by atoms with Crippen molar-refractivity contribution in [2.24, 2.45) is 0 Å². The number of hydrogen-bond acceptors (Lipinski definition) is 7. The zero-order valence-electron chi connectivity index (χ0n) is 20.8. The van der Waals surface area contributed by atoms with Crippen molar-refractivity contribution in [2.45, 2.75) is 36.2 Å². The molecule has 1 saturated heterocycles. The molecule has 4 rings (SSSR count). The van der Waals surface area contributed by atoms with E-state index in [1.54, 1.807) is 20.2 Å². The van der Waals surface area contributed by atoms with Gasteiger partial charge in [-0.05, 0) is 41.8 Å². The summed E-state index contributed by atoms with van der Waals surface area (Å²) in [4.78, 5) is 28.7. The van der Waals surface area contributed by atoms with Gasteiger partial charge in [0, 0.05) is 33.8 Å². The number of nitrogens with one attached hydrogen (secondary N) is 1. The summed E-state index contributed by atoms with van der Waals surface area (Å²) in [6.07, 6.45) is -4.15. The number of fused-ring (bicyclic) bond motifs is 1. The van der Waals surface area contributed by atoms with Crippen LogP contribution in [0, 0.1) is 0 Å². The Morgan fingerprint density at radius 1 is 1.24 bits per heavy atom. The van der Waals surface area contributed by atoms with E-state index in [4.69, 9.17) is 4.74 Å². The van der Waals surface area contributed by atoms with Gasteiger partial charge in [-0.15, -0.1) is 13.2 Å². The average molecular weight is 556 g/mol. The van der Waals surface area contributed by atoms with E-state index in [0.717, 1.165) is 6.42 Å². The number of alkyl halides is 3. The molecule has 1 fully saturated rings. The third-order valence-electron chi connectivity index (χ3n) is 6.66. The third kappa shape index (κ3) is 6.63. The van der Waals surface area contributed by atoms with Gasteiger partial charge < -0.3 is 19.7 Å². The van der Waals surface area contributed by atoms with E-state index >= 15 is 0 Å². The summed E-state index contributed by atoms with van der Waals surface area (Å²) in [5.74, 6) is -2.02. The molecule has 206 valence electrons. The Labute approximate surface area is 218 Å². The first-order valence-corrected chi connectivity index (χ1v) is 13.5. The van der Waals surface area contributed by atoms with Gasteiger partial charge in [0.15, 0.2) is 9.84 Å². The number of likely N-dealkylation sites (N-methyl/N-ethyl adjacent to an activating group) is 1. The highest BCUT2D eigenvalue weighted by molar-refractivity contribution is 7.92. The molecule has 0 aliphatic carbocycles. The topological polar surface area (TPSA) is 105 Å². The first-order valence-electron chi connectivity index (χ1n) is 11.9. The van der Waals surface area contributed by atoms with Crippen LogP contribution in [0.2, 0.25) is 0 Å². The van der Waals surface area contributed by atoms with Crippen molar-refractivity contribution < 1.29 is 40.7 Å². The molecule has 0 aromatic heterocycles. The fourth-order valence-corrected chi connectivity index (χ4v) is 6.03. The van der Waals surface area contributed by atoms with Gasteiger partial charge in [0.1, 0.15) is 11.5 Å². The van der Waals surface area contributed by atoms with Crippen LogP contribution >= 0.6 is 0 Å². The molecule has 2 aliphatic heterocycles. The molecule has 0 radical (unpaired) electrons. The smallest absolute Gasteiger partial charge is 0.406 e. The molecule has 9 nitrogen and oxygen atoms in total. The summed E-state index contributed by atoms with van der Waals surface area (Å²) < 4.78 is 72.5. The first kappa shape index (κ1) is 27.9. The summed E-state index contributed by atoms with van der Waals surface area (Å²) in [6, 6.07) is 9.26. The second-order valence-electron chi connectivity index (χ2n) is 9.36. The Balaban J connectivity index is 1.57. The van der Waals surface area contributed by atoms with Crippen LogP contribution in [0.3, 0.4) is 0 Å². The number of nitrogens with zero attached hydrogens (tertiary/aromatic N) is 2. The van der Waals surface area contributed by atoms with E-state index in [0.29, 0.717) is 30.8 Å². The molecule has 38 heavy (non-hydrogen) atoms. The summed E-state index contributed by atoms with van der Waals surface area (Å²) in [7, 11) is -0.570. The molecular weight excluding hydrogens is 527 g/mol. The number of methoxy groups -OCH3 is 1. The monoisotopic (exact) mass is 555 g/mol. The van der Waals surface area contributed by atoms with Gasteiger partial charge >= 0.3 is 6.36 Å². The van der Waals surface area contributed by atoms with Gasteiger partial charge in [-0.25, -0.2) is 8.42 Å². The van der Waals surface area contributed by atoms with Crippen molar-refractivity contribution in [3.05, 3.63) is 53.6 Å². The van der Waals surface area contributed by atoms with Crippen molar-refractivity contribution in [3.8, 4) is 5.75 Å². The molecular formula is C25H28F3N3O6S. The van der Waals surface area contributed by atoms with Gasteiger partial charge in [-0.2, -0.15) is 0 Å². The average Bonchev–Trinajstić information content (AvgIpc) is 3.28. The molecule has 13 heteroatoms. The molecule has 2 aliphatic rings. The lowest BCUT2D eigenvalue weighted by Crippen LogP contribution is -2.39. The minimum atomic E-state index is -4.86. The maximum atomic E-state index is 13.4. The van der Waals surface area contributed by atoms with E-state index in [1.165, 1.54) is 41.3 Å². The zero-order chi connectivity index (χ0) is 27.7. The highest BCUT2D eigenvalue weighted by Crippen LogP contribution is 2.31. The molecule has 2 atom stereocenters. The van der Waals surface area contributed by atoms with Crippen molar-refractivity contribution >= 4 is 27.3 Å². The minimum absolute atomic E-state index is 0.0114. The molecule has 0 spiro atoms. The lowest BCUT2D eigenvalue weighted by atomic mass is 10.0. The second-order valence-corrected chi connectivity index (χ2v) is 11.3. The standard InChI is InChI=1S/C25H28F3N3O6S/c1-30(24(33)11-16-6-7-22-20(10-16)29-23(32)15-38(22,34)35)21(14-31-9-8-19(13-31)36-2)17-4-3-5-18(12-17)37-25(26,27)28/h3-7,10,12,19,21H,8-9,11,13-15H2,1-2H3,(H,29,32)/t19-,21+/m0/s1. The van der Waals surface area contributed by atoms with Crippen LogP contribution in [-0.4, -0.2) is 82.0 Å². The normalized spacial score (nSPS) is 19.9. The molecule has 1 N–H and O–H groups in total. The quantitative estimate of drug-likeness (QED) is 0.534.